The molecule has 1 amide bonds. The van der Waals surface area contributed by atoms with E-state index in [2.05, 4.69) is 5.32 Å². The van der Waals surface area contributed by atoms with E-state index in [-0.39, 0.29) is 19.6 Å². The molecule has 2 atom stereocenters. The van der Waals surface area contributed by atoms with Crippen LogP contribution in [0.5, 0.6) is 0 Å². The Morgan fingerprint density at radius 2 is 1.95 bits per heavy atom. The Hall–Kier alpha value is -2.12. The Labute approximate surface area is 116 Å². The van der Waals surface area contributed by atoms with Gasteiger partial charge in [-0.25, -0.2) is 4.79 Å². The Kier molecular flexibility index (Phi) is 6.48. The molecule has 0 fully saturated rings. The maximum absolute atomic E-state index is 11.3. The predicted octanol–water partition coefficient (Wildman–Crippen LogP) is 0.0757. The molecule has 0 heterocycles. The summed E-state index contributed by atoms with van der Waals surface area (Å²) in [7, 11) is 0. The second-order valence-corrected chi connectivity index (χ2v) is 4.21. The van der Waals surface area contributed by atoms with Crippen LogP contribution in [-0.2, 0) is 16.1 Å². The minimum atomic E-state index is -1.36. The van der Waals surface area contributed by atoms with Gasteiger partial charge in [-0.1, -0.05) is 30.3 Å². The summed E-state index contributed by atoms with van der Waals surface area (Å²) in [5.41, 5.74) is 6.08. The number of carbonyl (C=O) groups excluding carboxylic acids is 1. The number of carbonyl (C=O) groups is 2. The molecule has 0 saturated heterocycles. The van der Waals surface area contributed by atoms with Crippen LogP contribution >= 0.6 is 0 Å². The number of amides is 1. The molecule has 5 N–H and O–H groups in total. The van der Waals surface area contributed by atoms with E-state index in [0.29, 0.717) is 0 Å². The van der Waals surface area contributed by atoms with E-state index in [1.165, 1.54) is 0 Å². The molecule has 0 bridgehead atoms. The monoisotopic (exact) mass is 282 g/mol. The molecule has 1 rings (SSSR count). The highest BCUT2D eigenvalue weighted by molar-refractivity contribution is 5.73. The summed E-state index contributed by atoms with van der Waals surface area (Å²) < 4.78 is 4.94. The van der Waals surface area contributed by atoms with Crippen LogP contribution in [0.4, 0.5) is 4.79 Å². The van der Waals surface area contributed by atoms with Crippen molar-refractivity contribution in [2.75, 3.05) is 6.54 Å². The number of aliphatic carboxylic acids is 1. The number of nitrogens with two attached hydrogens (primary N) is 1. The molecule has 0 aliphatic heterocycles. The summed E-state index contributed by atoms with van der Waals surface area (Å²) in [4.78, 5) is 21.8. The molecule has 110 valence electrons. The van der Waals surface area contributed by atoms with Gasteiger partial charge in [0.15, 0.2) is 0 Å². The number of carboxylic acids is 1. The van der Waals surface area contributed by atoms with Gasteiger partial charge in [0.05, 0.1) is 6.10 Å². The first-order valence-corrected chi connectivity index (χ1v) is 6.11. The fraction of sp³-hybridized carbons (Fsp3) is 0.385. The summed E-state index contributed by atoms with van der Waals surface area (Å²) in [6, 6.07) is 7.81. The SMILES string of the molecule is N[C@H](C(=O)O)[C@@H](O)CCNC(=O)OCc1ccccc1. The lowest BCUT2D eigenvalue weighted by Gasteiger charge is -2.14. The van der Waals surface area contributed by atoms with Crippen molar-refractivity contribution in [3.8, 4) is 0 Å². The summed E-state index contributed by atoms with van der Waals surface area (Å²) in [6.07, 6.45) is -1.82. The standard InChI is InChI=1S/C13H18N2O5/c14-11(12(17)18)10(16)6-7-15-13(19)20-8-9-4-2-1-3-5-9/h1-5,10-11,16H,6-8,14H2,(H,15,19)(H,17,18)/t10-,11-/m0/s1. The molecular weight excluding hydrogens is 264 g/mol. The van der Waals surface area contributed by atoms with Gasteiger partial charge in [0.25, 0.3) is 0 Å². The van der Waals surface area contributed by atoms with E-state index in [1.807, 2.05) is 30.3 Å². The molecule has 0 aromatic heterocycles. The fourth-order valence-corrected chi connectivity index (χ4v) is 1.44. The van der Waals surface area contributed by atoms with Gasteiger partial charge >= 0.3 is 12.1 Å². The Morgan fingerprint density at radius 1 is 1.30 bits per heavy atom. The Balaban J connectivity index is 2.19. The molecule has 7 nitrogen and oxygen atoms in total. The highest BCUT2D eigenvalue weighted by Gasteiger charge is 2.21. The minimum absolute atomic E-state index is 0.0356. The molecule has 20 heavy (non-hydrogen) atoms. The number of rotatable bonds is 7. The average molecular weight is 282 g/mol. The van der Waals surface area contributed by atoms with Crippen LogP contribution in [0.2, 0.25) is 0 Å². The number of aliphatic hydroxyl groups excluding tert-OH is 1. The maximum atomic E-state index is 11.3. The second-order valence-electron chi connectivity index (χ2n) is 4.21. The first kappa shape index (κ1) is 15.9. The highest BCUT2D eigenvalue weighted by atomic mass is 16.5. The number of alkyl carbamates (subject to hydrolysis) is 1. The van der Waals surface area contributed by atoms with Crippen LogP contribution in [-0.4, -0.2) is 41.0 Å². The third kappa shape index (κ3) is 5.68. The van der Waals surface area contributed by atoms with E-state index in [9.17, 15) is 14.7 Å². The van der Waals surface area contributed by atoms with E-state index in [4.69, 9.17) is 15.6 Å². The van der Waals surface area contributed by atoms with Crippen molar-refractivity contribution < 1.29 is 24.5 Å². The second kappa shape index (κ2) is 8.13. The van der Waals surface area contributed by atoms with Crippen LogP contribution in [0, 0.1) is 0 Å². The number of carboxylic acid groups (broad SMARTS) is 1. The van der Waals surface area contributed by atoms with Crippen LogP contribution in [0.15, 0.2) is 30.3 Å². The normalized spacial score (nSPS) is 13.3. The number of nitrogens with one attached hydrogen (secondary N) is 1. The molecule has 0 radical (unpaired) electrons. The molecule has 0 spiro atoms. The first-order valence-electron chi connectivity index (χ1n) is 6.11. The summed E-state index contributed by atoms with van der Waals surface area (Å²) in [5.74, 6) is -1.29. The van der Waals surface area contributed by atoms with Crippen molar-refractivity contribution in [3.05, 3.63) is 35.9 Å². The third-order valence-electron chi connectivity index (χ3n) is 2.62. The van der Waals surface area contributed by atoms with Gasteiger partial charge in [-0.15, -0.1) is 0 Å². The predicted molar refractivity (Wildman–Crippen MR) is 70.9 cm³/mol. The lowest BCUT2D eigenvalue weighted by atomic mass is 10.1. The molecule has 0 saturated carbocycles. The van der Waals surface area contributed by atoms with Gasteiger partial charge in [0, 0.05) is 6.54 Å². The number of hydrogen-bond donors (Lipinski definition) is 4. The zero-order chi connectivity index (χ0) is 15.0. The quantitative estimate of drug-likeness (QED) is 0.561. The van der Waals surface area contributed by atoms with Crippen molar-refractivity contribution in [2.45, 2.75) is 25.2 Å². The largest absolute Gasteiger partial charge is 0.480 e. The van der Waals surface area contributed by atoms with E-state index >= 15 is 0 Å². The van der Waals surface area contributed by atoms with Crippen LogP contribution in [0.25, 0.3) is 0 Å². The first-order chi connectivity index (χ1) is 9.50. The van der Waals surface area contributed by atoms with Crippen molar-refractivity contribution in [1.82, 2.24) is 5.32 Å². The van der Waals surface area contributed by atoms with Gasteiger partial charge in [0.1, 0.15) is 12.6 Å². The minimum Gasteiger partial charge on any atom is -0.480 e. The summed E-state index contributed by atoms with van der Waals surface area (Å²) in [6.45, 7) is 0.222. The average Bonchev–Trinajstić information content (AvgIpc) is 2.45. The van der Waals surface area contributed by atoms with Crippen LogP contribution < -0.4 is 11.1 Å². The zero-order valence-electron chi connectivity index (χ0n) is 10.9. The molecule has 1 aromatic carbocycles. The molecule has 0 aliphatic carbocycles. The van der Waals surface area contributed by atoms with E-state index < -0.39 is 24.2 Å². The molecular formula is C13H18N2O5. The van der Waals surface area contributed by atoms with E-state index in [0.717, 1.165) is 5.56 Å². The van der Waals surface area contributed by atoms with Crippen molar-refractivity contribution in [2.24, 2.45) is 5.73 Å². The maximum Gasteiger partial charge on any atom is 0.407 e. The Morgan fingerprint density at radius 3 is 2.55 bits per heavy atom. The molecule has 7 heteroatoms. The van der Waals surface area contributed by atoms with E-state index in [1.54, 1.807) is 0 Å². The van der Waals surface area contributed by atoms with Crippen LogP contribution in [0.3, 0.4) is 0 Å². The number of ether oxygens (including phenoxy) is 1. The fourth-order valence-electron chi connectivity index (χ4n) is 1.44. The molecule has 0 unspecified atom stereocenters. The Bertz CT molecular complexity index is 438. The zero-order valence-corrected chi connectivity index (χ0v) is 10.9. The smallest absolute Gasteiger partial charge is 0.407 e. The summed E-state index contributed by atoms with van der Waals surface area (Å²) >= 11 is 0. The number of hydrogen-bond acceptors (Lipinski definition) is 5. The third-order valence-corrected chi connectivity index (χ3v) is 2.62. The van der Waals surface area contributed by atoms with Gasteiger partial charge in [0.2, 0.25) is 0 Å². The van der Waals surface area contributed by atoms with Crippen LogP contribution in [0.1, 0.15) is 12.0 Å². The van der Waals surface area contributed by atoms with Crippen molar-refractivity contribution in [1.29, 1.82) is 0 Å². The number of benzene rings is 1. The van der Waals surface area contributed by atoms with Gasteiger partial charge in [-0.3, -0.25) is 4.79 Å². The lowest BCUT2D eigenvalue weighted by molar-refractivity contribution is -0.141. The van der Waals surface area contributed by atoms with Crippen molar-refractivity contribution in [3.63, 3.8) is 0 Å². The summed E-state index contributed by atoms with van der Waals surface area (Å²) in [5, 5.41) is 20.4. The van der Waals surface area contributed by atoms with Gasteiger partial charge in [-0.2, -0.15) is 0 Å². The van der Waals surface area contributed by atoms with Gasteiger partial charge in [-0.05, 0) is 12.0 Å². The topological polar surface area (TPSA) is 122 Å². The lowest BCUT2D eigenvalue weighted by Crippen LogP contribution is -2.43. The highest BCUT2D eigenvalue weighted by Crippen LogP contribution is 2.01. The molecule has 0 aliphatic rings. The molecule has 1 aromatic rings. The number of aliphatic hydroxyl groups is 1. The van der Waals surface area contributed by atoms with Gasteiger partial charge < -0.3 is 26.0 Å². The van der Waals surface area contributed by atoms with Crippen molar-refractivity contribution >= 4 is 12.1 Å².